The van der Waals surface area contributed by atoms with Gasteiger partial charge in [-0.1, -0.05) is 12.2 Å². The number of aromatic amines is 1. The summed E-state index contributed by atoms with van der Waals surface area (Å²) >= 11 is 5.71. The number of pyridine rings is 1. The van der Waals surface area contributed by atoms with Crippen molar-refractivity contribution < 1.29 is 9.13 Å². The summed E-state index contributed by atoms with van der Waals surface area (Å²) in [6, 6.07) is 0.107. The van der Waals surface area contributed by atoms with Gasteiger partial charge in [-0.15, -0.1) is 0 Å². The predicted molar refractivity (Wildman–Crippen MR) is 85.5 cm³/mol. The molecule has 0 spiro atoms. The number of aryl methyl sites for hydroxylation is 1. The number of nitrogens with zero attached hydrogens (tertiary/aromatic N) is 2. The van der Waals surface area contributed by atoms with Gasteiger partial charge >= 0.3 is 0 Å². The Morgan fingerprint density at radius 3 is 3.09 bits per heavy atom. The third-order valence-electron chi connectivity index (χ3n) is 3.65. The highest BCUT2D eigenvalue weighted by Gasteiger charge is 2.19. The molecule has 6 nitrogen and oxygen atoms in total. The Balaban J connectivity index is 1.95. The van der Waals surface area contributed by atoms with Gasteiger partial charge in [0.15, 0.2) is 5.82 Å². The van der Waals surface area contributed by atoms with E-state index < -0.39 is 11.4 Å². The molecule has 0 saturated heterocycles. The van der Waals surface area contributed by atoms with Crippen molar-refractivity contribution in [3.8, 4) is 5.88 Å². The van der Waals surface area contributed by atoms with E-state index in [1.165, 1.54) is 6.92 Å². The van der Waals surface area contributed by atoms with E-state index in [1.54, 1.807) is 0 Å². The van der Waals surface area contributed by atoms with Crippen LogP contribution in [-0.4, -0.2) is 34.1 Å². The monoisotopic (exact) mass is 338 g/mol. The molecule has 0 radical (unpaired) electrons. The number of nitrogens with one attached hydrogen (secondary N) is 2. The summed E-state index contributed by atoms with van der Waals surface area (Å²) in [7, 11) is 0. The Bertz CT molecular complexity index is 821. The first kappa shape index (κ1) is 15.9. The average molecular weight is 339 g/mol. The smallest absolute Gasteiger partial charge is 0.265 e. The highest BCUT2D eigenvalue weighted by Crippen LogP contribution is 2.24. The second-order valence-electron chi connectivity index (χ2n) is 5.35. The number of hydrogen-bond acceptors (Lipinski definition) is 5. The summed E-state index contributed by atoms with van der Waals surface area (Å²) < 4.78 is 19.9. The molecule has 8 heteroatoms. The number of H-pyrrole nitrogens is 1. The molecule has 0 saturated carbocycles. The number of hydrogen-bond donors (Lipinski definition) is 2. The third-order valence-corrected chi connectivity index (χ3v) is 3.83. The van der Waals surface area contributed by atoms with E-state index in [4.69, 9.17) is 16.3 Å². The molecule has 2 N–H and O–H groups in total. The van der Waals surface area contributed by atoms with Gasteiger partial charge in [0.1, 0.15) is 17.5 Å². The average Bonchev–Trinajstić information content (AvgIpc) is 2.78. The van der Waals surface area contributed by atoms with Crippen LogP contribution in [-0.2, 0) is 0 Å². The lowest BCUT2D eigenvalue weighted by molar-refractivity contribution is 0.260. The van der Waals surface area contributed by atoms with Crippen molar-refractivity contribution in [3.63, 3.8) is 0 Å². The van der Waals surface area contributed by atoms with Gasteiger partial charge in [0.05, 0.1) is 5.69 Å². The van der Waals surface area contributed by atoms with E-state index in [-0.39, 0.29) is 33.8 Å². The molecule has 1 aliphatic rings. The van der Waals surface area contributed by atoms with Crippen LogP contribution in [0.25, 0.3) is 10.9 Å². The number of aromatic nitrogens is 3. The van der Waals surface area contributed by atoms with Crippen molar-refractivity contribution in [3.05, 3.63) is 39.3 Å². The summed E-state index contributed by atoms with van der Waals surface area (Å²) in [6.07, 6.45) is 5.98. The quantitative estimate of drug-likeness (QED) is 0.662. The Morgan fingerprint density at radius 2 is 2.26 bits per heavy atom. The number of rotatable bonds is 3. The second kappa shape index (κ2) is 6.64. The fraction of sp³-hybridized carbons (Fsp3) is 0.400. The van der Waals surface area contributed by atoms with Crippen molar-refractivity contribution in [2.45, 2.75) is 25.8 Å². The lowest BCUT2D eigenvalue weighted by Gasteiger charge is -2.16. The first-order valence-corrected chi connectivity index (χ1v) is 7.71. The van der Waals surface area contributed by atoms with Crippen LogP contribution in [0.2, 0.25) is 5.28 Å². The van der Waals surface area contributed by atoms with Crippen LogP contribution in [0, 0.1) is 12.7 Å². The third kappa shape index (κ3) is 3.35. The van der Waals surface area contributed by atoms with E-state index in [1.807, 2.05) is 0 Å². The zero-order valence-corrected chi connectivity index (χ0v) is 13.3. The molecule has 0 aliphatic carbocycles. The second-order valence-corrected chi connectivity index (χ2v) is 5.71. The molecule has 0 fully saturated rings. The number of ether oxygens (including phenoxy) is 1. The van der Waals surface area contributed by atoms with E-state index >= 15 is 0 Å². The Morgan fingerprint density at radius 1 is 1.43 bits per heavy atom. The van der Waals surface area contributed by atoms with E-state index in [9.17, 15) is 9.18 Å². The SMILES string of the molecule is Cc1nc(OC[C@@H]2CC=CCCN2)c2c(=O)[nH]c(Cl)nc2c1F. The van der Waals surface area contributed by atoms with Crippen molar-refractivity contribution in [2.24, 2.45) is 0 Å². The molecule has 23 heavy (non-hydrogen) atoms. The molecule has 1 aliphatic heterocycles. The summed E-state index contributed by atoms with van der Waals surface area (Å²) in [5.74, 6) is -0.602. The fourth-order valence-corrected chi connectivity index (χ4v) is 2.65. The van der Waals surface area contributed by atoms with Gasteiger partial charge in [-0.25, -0.2) is 14.4 Å². The molecule has 0 amide bonds. The van der Waals surface area contributed by atoms with Crippen LogP contribution in [0.1, 0.15) is 18.5 Å². The molecule has 2 aromatic heterocycles. The van der Waals surface area contributed by atoms with Crippen molar-refractivity contribution >= 4 is 22.5 Å². The molecule has 0 bridgehead atoms. The predicted octanol–water partition coefficient (Wildman–Crippen LogP) is 2.11. The largest absolute Gasteiger partial charge is 0.475 e. The zero-order chi connectivity index (χ0) is 16.4. The summed E-state index contributed by atoms with van der Waals surface area (Å²) in [5.41, 5.74) is -0.597. The minimum Gasteiger partial charge on any atom is -0.475 e. The summed E-state index contributed by atoms with van der Waals surface area (Å²) in [6.45, 7) is 2.67. The molecule has 1 atom stereocenters. The molecule has 2 aromatic rings. The minimum absolute atomic E-state index is 0.0262. The van der Waals surface area contributed by atoms with Gasteiger partial charge in [0.2, 0.25) is 11.2 Å². The van der Waals surface area contributed by atoms with E-state index in [2.05, 4.69) is 32.4 Å². The number of halogens is 2. The summed E-state index contributed by atoms with van der Waals surface area (Å²) in [4.78, 5) is 22.3. The summed E-state index contributed by atoms with van der Waals surface area (Å²) in [5, 5.41) is 3.14. The minimum atomic E-state index is -0.670. The standard InChI is InChI=1S/C15H16ClFN4O2/c1-8-11(17)12-10(13(22)21-15(16)20-12)14(19-8)23-7-9-5-3-2-4-6-18-9/h2-3,9,18H,4-7H2,1H3,(H,20,21,22)/t9-/m0/s1. The maximum atomic E-state index is 14.2. The van der Waals surface area contributed by atoms with Crippen LogP contribution >= 0.6 is 11.6 Å². The topological polar surface area (TPSA) is 79.9 Å². The maximum absolute atomic E-state index is 14.2. The molecule has 0 aromatic carbocycles. The molecular formula is C15H16ClFN4O2. The zero-order valence-electron chi connectivity index (χ0n) is 12.5. The van der Waals surface area contributed by atoms with Crippen LogP contribution in [0.5, 0.6) is 5.88 Å². The van der Waals surface area contributed by atoms with Crippen molar-refractivity contribution in [1.82, 2.24) is 20.3 Å². The molecule has 3 heterocycles. The first-order valence-electron chi connectivity index (χ1n) is 7.33. The lowest BCUT2D eigenvalue weighted by Crippen LogP contribution is -2.34. The highest BCUT2D eigenvalue weighted by molar-refractivity contribution is 6.28. The van der Waals surface area contributed by atoms with Crippen LogP contribution in [0.3, 0.4) is 0 Å². The fourth-order valence-electron chi connectivity index (χ4n) is 2.48. The number of fused-ring (bicyclic) bond motifs is 1. The van der Waals surface area contributed by atoms with E-state index in [0.717, 1.165) is 19.4 Å². The maximum Gasteiger partial charge on any atom is 0.265 e. The van der Waals surface area contributed by atoms with Crippen LogP contribution in [0.4, 0.5) is 4.39 Å². The van der Waals surface area contributed by atoms with E-state index in [0.29, 0.717) is 6.61 Å². The van der Waals surface area contributed by atoms with Crippen molar-refractivity contribution in [1.29, 1.82) is 0 Å². The Labute approximate surface area is 136 Å². The Kier molecular flexibility index (Phi) is 4.58. The Hall–Kier alpha value is -1.99. The van der Waals surface area contributed by atoms with Gasteiger partial charge < -0.3 is 10.1 Å². The molecule has 3 rings (SSSR count). The van der Waals surface area contributed by atoms with Gasteiger partial charge in [0, 0.05) is 6.04 Å². The highest BCUT2D eigenvalue weighted by atomic mass is 35.5. The van der Waals surface area contributed by atoms with Gasteiger partial charge in [0.25, 0.3) is 5.56 Å². The normalized spacial score (nSPS) is 18.1. The molecule has 0 unspecified atom stereocenters. The van der Waals surface area contributed by atoms with Gasteiger partial charge in [-0.3, -0.25) is 9.78 Å². The molecule has 122 valence electrons. The van der Waals surface area contributed by atoms with Crippen molar-refractivity contribution in [2.75, 3.05) is 13.2 Å². The lowest BCUT2D eigenvalue weighted by atomic mass is 10.2. The van der Waals surface area contributed by atoms with Crippen LogP contribution in [0.15, 0.2) is 16.9 Å². The van der Waals surface area contributed by atoms with Crippen LogP contribution < -0.4 is 15.6 Å². The van der Waals surface area contributed by atoms with Gasteiger partial charge in [-0.2, -0.15) is 0 Å². The molecular weight excluding hydrogens is 323 g/mol. The first-order chi connectivity index (χ1) is 11.1. The van der Waals surface area contributed by atoms with Gasteiger partial charge in [-0.05, 0) is 37.9 Å².